The molecule has 7 nitrogen and oxygen atoms in total. The van der Waals surface area contributed by atoms with Crippen molar-refractivity contribution in [2.75, 3.05) is 9.80 Å². The first-order valence-corrected chi connectivity index (χ1v) is 34.8. The van der Waals surface area contributed by atoms with Crippen molar-refractivity contribution >= 4 is 123 Å². The Bertz CT molecular complexity index is 6590. The number of rotatable bonds is 8. The second-order valence-corrected chi connectivity index (χ2v) is 29.2. The highest BCUT2D eigenvalue weighted by atomic mass is 15.2. The third kappa shape index (κ3) is 9.33. The molecule has 0 aliphatic carbocycles. The van der Waals surface area contributed by atoms with Gasteiger partial charge >= 0.3 is 0 Å². The van der Waals surface area contributed by atoms with Crippen molar-refractivity contribution in [2.24, 2.45) is 0 Å². The largest absolute Gasteiger partial charge is 0.311 e. The monoisotopic (exact) mass is 1310 g/mol. The van der Waals surface area contributed by atoms with Crippen molar-refractivity contribution in [3.05, 3.63) is 325 Å². The predicted molar refractivity (Wildman–Crippen MR) is 427 cm³/mol. The second-order valence-electron chi connectivity index (χ2n) is 29.2. The zero-order valence-corrected chi connectivity index (χ0v) is 57.2. The van der Waals surface area contributed by atoms with Crippen LogP contribution in [0.25, 0.3) is 116 Å². The van der Waals surface area contributed by atoms with Crippen LogP contribution in [0, 0.1) is 22.7 Å². The van der Waals surface area contributed by atoms with E-state index in [1.807, 2.05) is 60.7 Å². The molecule has 2 aliphatic heterocycles. The average molecular weight is 1310 g/mol. The van der Waals surface area contributed by atoms with Gasteiger partial charge in [0.25, 0.3) is 6.71 Å². The molecule has 0 saturated carbocycles. The van der Waals surface area contributed by atoms with Gasteiger partial charge < -0.3 is 23.5 Å². The Morgan fingerprint density at radius 2 is 0.706 bits per heavy atom. The Balaban J connectivity index is 0.956. The maximum absolute atomic E-state index is 11.5. The molecular formula is C94H68BN7. The first-order chi connectivity index (χ1) is 51.8. The molecule has 2 aliphatic rings. The lowest BCUT2D eigenvalue weighted by atomic mass is 9.33. The summed E-state index contributed by atoms with van der Waals surface area (Å²) in [5.41, 5.74) is 23.6. The van der Waals surface area contributed by atoms with Crippen LogP contribution in [-0.4, -0.2) is 20.4 Å². The lowest BCUT2D eigenvalue weighted by Crippen LogP contribution is -2.61. The Morgan fingerprint density at radius 1 is 0.304 bits per heavy atom. The minimum absolute atomic E-state index is 0.0812. The minimum atomic E-state index is -0.502. The van der Waals surface area contributed by atoms with E-state index in [4.69, 9.17) is 4.11 Å². The fraction of sp³-hybridized carbons (Fsp3) is 0.0851. The lowest BCUT2D eigenvalue weighted by molar-refractivity contribution is 0.590. The van der Waals surface area contributed by atoms with Crippen LogP contribution in [0.3, 0.4) is 0 Å². The van der Waals surface area contributed by atoms with E-state index in [2.05, 4.69) is 290 Å². The molecular weight excluding hydrogens is 1240 g/mol. The van der Waals surface area contributed by atoms with Crippen molar-refractivity contribution in [2.45, 2.75) is 52.4 Å². The topological polar surface area (TPSA) is 68.8 Å². The smallest absolute Gasteiger partial charge is 0.252 e. The first kappa shape index (κ1) is 55.1. The molecule has 8 heteroatoms. The third-order valence-electron chi connectivity index (χ3n) is 21.3. The first-order valence-electron chi connectivity index (χ1n) is 37.3. The molecule has 14 aromatic carbocycles. The number of aromatic nitrogens is 3. The molecule has 0 bridgehead atoms. The summed E-state index contributed by atoms with van der Waals surface area (Å²) >= 11 is 0. The zero-order valence-electron chi connectivity index (χ0n) is 62.2. The fourth-order valence-electron chi connectivity index (χ4n) is 16.4. The number of hydrogen-bond donors (Lipinski definition) is 0. The molecule has 0 unspecified atom stereocenters. The second kappa shape index (κ2) is 22.8. The van der Waals surface area contributed by atoms with Gasteiger partial charge in [0.05, 0.1) is 62.5 Å². The van der Waals surface area contributed by atoms with Gasteiger partial charge in [0.1, 0.15) is 12.1 Å². The predicted octanol–water partition coefficient (Wildman–Crippen LogP) is 22.4. The Hall–Kier alpha value is -12.9. The van der Waals surface area contributed by atoms with E-state index in [0.717, 1.165) is 138 Å². The molecule has 3 aromatic heterocycles. The van der Waals surface area contributed by atoms with Gasteiger partial charge in [-0.05, 0) is 193 Å². The van der Waals surface area contributed by atoms with Crippen LogP contribution in [-0.2, 0) is 10.8 Å². The highest BCUT2D eigenvalue weighted by molar-refractivity contribution is 7.00. The number of nitriles is 2. The molecule has 19 rings (SSSR count). The highest BCUT2D eigenvalue weighted by Gasteiger charge is 2.45. The Kier molecular flexibility index (Phi) is 12.3. The molecule has 482 valence electrons. The summed E-state index contributed by atoms with van der Waals surface area (Å²) in [5, 5.41) is 29.4. The number of hydrogen-bond acceptors (Lipinski definition) is 4. The molecule has 0 amide bonds. The minimum Gasteiger partial charge on any atom is -0.311 e. The van der Waals surface area contributed by atoms with E-state index in [1.54, 1.807) is 0 Å². The lowest BCUT2D eigenvalue weighted by Gasteiger charge is -2.45. The van der Waals surface area contributed by atoms with Crippen molar-refractivity contribution in [1.82, 2.24) is 13.7 Å². The van der Waals surface area contributed by atoms with Crippen LogP contribution in [0.1, 0.15) is 70.7 Å². The van der Waals surface area contributed by atoms with E-state index in [1.165, 1.54) is 11.1 Å². The number of fused-ring (bicyclic) bond motifs is 13. The molecule has 102 heavy (non-hydrogen) atoms. The van der Waals surface area contributed by atoms with E-state index in [9.17, 15) is 13.3 Å². The van der Waals surface area contributed by atoms with Crippen molar-refractivity contribution in [3.8, 4) is 62.6 Å². The quantitative estimate of drug-likeness (QED) is 0.142. The van der Waals surface area contributed by atoms with Crippen LogP contribution in [0.5, 0.6) is 0 Å². The fourth-order valence-corrected chi connectivity index (χ4v) is 16.4. The summed E-state index contributed by atoms with van der Waals surface area (Å²) in [6, 6.07) is 99.4. The van der Waals surface area contributed by atoms with Gasteiger partial charge in [0, 0.05) is 72.1 Å². The van der Waals surface area contributed by atoms with Gasteiger partial charge in [-0.25, -0.2) is 0 Å². The van der Waals surface area contributed by atoms with Crippen LogP contribution >= 0.6 is 0 Å². The van der Waals surface area contributed by atoms with Gasteiger partial charge in [0.15, 0.2) is 0 Å². The average Bonchev–Trinajstić information content (AvgIpc) is 1.10. The Morgan fingerprint density at radius 3 is 1.20 bits per heavy atom. The Labute approximate surface area is 600 Å². The summed E-state index contributed by atoms with van der Waals surface area (Å²) in [5.74, 6) is 0. The molecule has 0 radical (unpaired) electrons. The summed E-state index contributed by atoms with van der Waals surface area (Å²) in [6.07, 6.45) is 0. The van der Waals surface area contributed by atoms with Crippen LogP contribution in [0.4, 0.5) is 34.1 Å². The van der Waals surface area contributed by atoms with Gasteiger partial charge in [-0.15, -0.1) is 0 Å². The zero-order chi connectivity index (χ0) is 73.2. The van der Waals surface area contributed by atoms with Crippen LogP contribution in [0.15, 0.2) is 303 Å². The third-order valence-corrected chi connectivity index (χ3v) is 21.3. The van der Waals surface area contributed by atoms with Crippen molar-refractivity contribution < 1.29 is 6.85 Å². The summed E-state index contributed by atoms with van der Waals surface area (Å²) in [7, 11) is 0. The summed E-state index contributed by atoms with van der Waals surface area (Å²) < 4.78 is 52.7. The van der Waals surface area contributed by atoms with Gasteiger partial charge in [-0.2, -0.15) is 10.5 Å². The molecule has 17 aromatic rings. The highest BCUT2D eigenvalue weighted by Crippen LogP contribution is 2.50. The summed E-state index contributed by atoms with van der Waals surface area (Å²) in [4.78, 5) is 4.68. The van der Waals surface area contributed by atoms with E-state index >= 15 is 0 Å². The van der Waals surface area contributed by atoms with Crippen molar-refractivity contribution in [3.63, 3.8) is 0 Å². The standard InChI is InChI=1S/C94H68BN7/c1-93(2,3)67-39-46-84-76(52-67)77-53-68(94(4,5)6)40-47-85(77)98(84)71-43-45-79-89(56-71)100(70-42-37-65(58-97)87(55-70)102-82-34-19-15-30-74(82)75-31-16-20-35-83(75)102)91-51-66(62-27-21-26-61(48-62)59-22-9-7-10-23-59)50-90-92(91)95(79)78-44-38-63(60-24-11-8-12-25-60)49-88(78)99(90)69-41-36-64(57-96)86(54-69)101-80-32-17-13-28-72(80)73-29-14-18-33-81(73)101/h7-56H,1-6H3/i8D,11D,12D,24D,25D. The van der Waals surface area contributed by atoms with Gasteiger partial charge in [-0.3, -0.25) is 0 Å². The van der Waals surface area contributed by atoms with Crippen molar-refractivity contribution in [1.29, 1.82) is 10.5 Å². The molecule has 0 N–H and O–H groups in total. The molecule has 0 spiro atoms. The number of para-hydroxylation sites is 4. The SMILES string of the molecule is [2H]c1c([2H])c([2H])c(-c2ccc3c(c2)N(c2ccc(C#N)c(-n4c5ccccc5c5ccccc54)c2)c2cc(-c4cccc(-c5ccccc5)c4)cc4c2B3c2ccc(-n3c5ccc(C(C)(C)C)cc5c5cc(C(C)(C)C)ccc53)cc2N4c2ccc(C#N)c(-n3c4ccccc4c4ccccc43)c2)c([2H])c1[2H]. The molecule has 0 saturated heterocycles. The van der Waals surface area contributed by atoms with Gasteiger partial charge in [0.2, 0.25) is 0 Å². The normalized spacial score (nSPS) is 13.4. The number of nitrogens with zero attached hydrogens (tertiary/aromatic N) is 7. The maximum atomic E-state index is 11.5. The molecule has 0 atom stereocenters. The summed E-state index contributed by atoms with van der Waals surface area (Å²) in [6.45, 7) is 13.1. The van der Waals surface area contributed by atoms with Crippen LogP contribution < -0.4 is 26.2 Å². The van der Waals surface area contributed by atoms with E-state index < -0.39 is 24.8 Å². The number of anilines is 6. The molecule has 0 fully saturated rings. The van der Waals surface area contributed by atoms with E-state index in [0.29, 0.717) is 33.8 Å². The molecule has 5 heterocycles. The van der Waals surface area contributed by atoms with Crippen LogP contribution in [0.2, 0.25) is 0 Å². The van der Waals surface area contributed by atoms with Gasteiger partial charge in [-0.1, -0.05) is 223 Å². The number of benzene rings is 14. The maximum Gasteiger partial charge on any atom is 0.252 e. The van der Waals surface area contributed by atoms with E-state index in [-0.39, 0.29) is 28.5 Å².